The van der Waals surface area contributed by atoms with Crippen LogP contribution in [0.5, 0.6) is 0 Å². The normalized spacial score (nSPS) is 19.1. The van der Waals surface area contributed by atoms with Crippen molar-refractivity contribution in [3.63, 3.8) is 0 Å². The van der Waals surface area contributed by atoms with Crippen LogP contribution < -0.4 is 5.32 Å². The zero-order valence-corrected chi connectivity index (χ0v) is 13.0. The standard InChI is InChI=1S/C14H22N4O3/c1-9-11(17-21-16-9)6-12(19)15-7-10-5-13(20)18(8-10)14(2,3)4/h10H,5-8H2,1-4H3,(H,15,19)/t10-/m0/s1. The highest BCUT2D eigenvalue weighted by Crippen LogP contribution is 2.25. The summed E-state index contributed by atoms with van der Waals surface area (Å²) in [7, 11) is 0. The molecule has 0 bridgehead atoms. The Bertz CT molecular complexity index is 533. The van der Waals surface area contributed by atoms with Gasteiger partial charge < -0.3 is 10.2 Å². The fourth-order valence-electron chi connectivity index (χ4n) is 2.45. The molecule has 1 aromatic rings. The van der Waals surface area contributed by atoms with Gasteiger partial charge in [-0.05, 0) is 27.7 Å². The first kappa shape index (κ1) is 15.5. The molecule has 7 nitrogen and oxygen atoms in total. The molecule has 1 aromatic heterocycles. The maximum Gasteiger partial charge on any atom is 0.226 e. The molecule has 1 aliphatic rings. The lowest BCUT2D eigenvalue weighted by Gasteiger charge is -2.32. The van der Waals surface area contributed by atoms with Crippen LogP contribution in [-0.2, 0) is 16.0 Å². The molecule has 0 aliphatic carbocycles. The number of likely N-dealkylation sites (tertiary alicyclic amines) is 1. The second kappa shape index (κ2) is 5.83. The molecule has 1 saturated heterocycles. The average Bonchev–Trinajstić information content (AvgIpc) is 2.93. The molecule has 21 heavy (non-hydrogen) atoms. The molecule has 0 radical (unpaired) electrons. The molecule has 0 saturated carbocycles. The molecule has 1 fully saturated rings. The fourth-order valence-corrected chi connectivity index (χ4v) is 2.45. The first-order chi connectivity index (χ1) is 9.77. The number of aromatic nitrogens is 2. The van der Waals surface area contributed by atoms with Gasteiger partial charge in [-0.15, -0.1) is 0 Å². The summed E-state index contributed by atoms with van der Waals surface area (Å²) in [6, 6.07) is 0. The summed E-state index contributed by atoms with van der Waals surface area (Å²) in [6.07, 6.45) is 0.640. The van der Waals surface area contributed by atoms with Crippen LogP contribution in [0.3, 0.4) is 0 Å². The van der Waals surface area contributed by atoms with Crippen LogP contribution in [0, 0.1) is 12.8 Å². The highest BCUT2D eigenvalue weighted by atomic mass is 16.6. The van der Waals surface area contributed by atoms with Crippen LogP contribution in [0.1, 0.15) is 38.6 Å². The van der Waals surface area contributed by atoms with Gasteiger partial charge >= 0.3 is 0 Å². The lowest BCUT2D eigenvalue weighted by atomic mass is 10.1. The molecule has 0 unspecified atom stereocenters. The SMILES string of the molecule is Cc1nonc1CC(=O)NC[C@@H]1CC(=O)N(C(C)(C)C)C1. The fraction of sp³-hybridized carbons (Fsp3) is 0.714. The summed E-state index contributed by atoms with van der Waals surface area (Å²) >= 11 is 0. The second-order valence-electron chi connectivity index (χ2n) is 6.52. The predicted octanol–water partition coefficient (Wildman–Crippen LogP) is 0.684. The van der Waals surface area contributed by atoms with Crippen molar-refractivity contribution in [1.29, 1.82) is 0 Å². The minimum Gasteiger partial charge on any atom is -0.355 e. The Morgan fingerprint density at radius 3 is 2.67 bits per heavy atom. The summed E-state index contributed by atoms with van der Waals surface area (Å²) in [6.45, 7) is 9.00. The van der Waals surface area contributed by atoms with E-state index in [1.807, 2.05) is 25.7 Å². The van der Waals surface area contributed by atoms with Crippen LogP contribution in [0.4, 0.5) is 0 Å². The van der Waals surface area contributed by atoms with Crippen LogP contribution in [0.15, 0.2) is 4.63 Å². The Morgan fingerprint density at radius 2 is 2.14 bits per heavy atom. The Morgan fingerprint density at radius 1 is 1.43 bits per heavy atom. The zero-order chi connectivity index (χ0) is 15.6. The van der Waals surface area contributed by atoms with Crippen molar-refractivity contribution in [2.75, 3.05) is 13.1 Å². The maximum atomic E-state index is 12.0. The van der Waals surface area contributed by atoms with Crippen LogP contribution >= 0.6 is 0 Å². The van der Waals surface area contributed by atoms with Crippen molar-refractivity contribution >= 4 is 11.8 Å². The zero-order valence-electron chi connectivity index (χ0n) is 13.0. The molecule has 116 valence electrons. The smallest absolute Gasteiger partial charge is 0.226 e. The molecule has 0 aromatic carbocycles. The largest absolute Gasteiger partial charge is 0.355 e. The number of rotatable bonds is 4. The second-order valence-corrected chi connectivity index (χ2v) is 6.52. The number of hydrogen-bond donors (Lipinski definition) is 1. The minimum atomic E-state index is -0.167. The summed E-state index contributed by atoms with van der Waals surface area (Å²) in [5.41, 5.74) is 1.01. The summed E-state index contributed by atoms with van der Waals surface area (Å²) in [5.74, 6) is 0.186. The van der Waals surface area contributed by atoms with Gasteiger partial charge in [0.15, 0.2) is 0 Å². The van der Waals surface area contributed by atoms with Gasteiger partial charge in [-0.3, -0.25) is 9.59 Å². The number of nitrogens with one attached hydrogen (secondary N) is 1. The topological polar surface area (TPSA) is 88.3 Å². The van der Waals surface area contributed by atoms with Crippen molar-refractivity contribution in [2.24, 2.45) is 5.92 Å². The van der Waals surface area contributed by atoms with Crippen molar-refractivity contribution in [2.45, 2.75) is 46.1 Å². The van der Waals surface area contributed by atoms with E-state index in [1.54, 1.807) is 6.92 Å². The van der Waals surface area contributed by atoms with E-state index in [1.165, 1.54) is 0 Å². The lowest BCUT2D eigenvalue weighted by Crippen LogP contribution is -2.42. The molecular formula is C14H22N4O3. The number of hydrogen-bond acceptors (Lipinski definition) is 5. The van der Waals surface area contributed by atoms with Gasteiger partial charge in [-0.1, -0.05) is 10.3 Å². The Hall–Kier alpha value is -1.92. The summed E-state index contributed by atoms with van der Waals surface area (Å²) < 4.78 is 4.56. The van der Waals surface area contributed by atoms with Gasteiger partial charge in [0, 0.05) is 31.0 Å². The summed E-state index contributed by atoms with van der Waals surface area (Å²) in [4.78, 5) is 25.7. The Kier molecular flexibility index (Phi) is 4.29. The van der Waals surface area contributed by atoms with E-state index in [0.717, 1.165) is 0 Å². The van der Waals surface area contributed by atoms with E-state index in [-0.39, 0.29) is 29.7 Å². The third-order valence-electron chi connectivity index (χ3n) is 3.68. The molecule has 2 amide bonds. The van der Waals surface area contributed by atoms with Crippen LogP contribution in [0.2, 0.25) is 0 Å². The van der Waals surface area contributed by atoms with Gasteiger partial charge in [0.1, 0.15) is 11.4 Å². The molecule has 2 heterocycles. The van der Waals surface area contributed by atoms with Crippen LogP contribution in [0.25, 0.3) is 0 Å². The Balaban J connectivity index is 1.80. The van der Waals surface area contributed by atoms with Gasteiger partial charge in [-0.25, -0.2) is 4.63 Å². The highest BCUT2D eigenvalue weighted by molar-refractivity contribution is 5.80. The van der Waals surface area contributed by atoms with Gasteiger partial charge in [0.05, 0.1) is 6.42 Å². The van der Waals surface area contributed by atoms with E-state index in [2.05, 4.69) is 20.3 Å². The number of amides is 2. The maximum absolute atomic E-state index is 12.0. The quantitative estimate of drug-likeness (QED) is 0.882. The van der Waals surface area contributed by atoms with Crippen molar-refractivity contribution < 1.29 is 14.2 Å². The van der Waals surface area contributed by atoms with Gasteiger partial charge in [0.2, 0.25) is 11.8 Å². The third-order valence-corrected chi connectivity index (χ3v) is 3.68. The summed E-state index contributed by atoms with van der Waals surface area (Å²) in [5, 5.41) is 10.2. The van der Waals surface area contributed by atoms with Gasteiger partial charge in [-0.2, -0.15) is 0 Å². The first-order valence-corrected chi connectivity index (χ1v) is 7.12. The van der Waals surface area contributed by atoms with E-state index in [9.17, 15) is 9.59 Å². The van der Waals surface area contributed by atoms with Crippen LogP contribution in [-0.4, -0.2) is 45.7 Å². The number of carbonyl (C=O) groups is 2. The number of nitrogens with zero attached hydrogens (tertiary/aromatic N) is 3. The first-order valence-electron chi connectivity index (χ1n) is 7.12. The molecule has 7 heteroatoms. The number of carbonyl (C=O) groups excluding carboxylic acids is 2. The minimum absolute atomic E-state index is 0.129. The third kappa shape index (κ3) is 3.80. The predicted molar refractivity (Wildman–Crippen MR) is 75.3 cm³/mol. The molecule has 1 aliphatic heterocycles. The molecule has 2 rings (SSSR count). The van der Waals surface area contributed by atoms with Crippen molar-refractivity contribution in [1.82, 2.24) is 20.5 Å². The van der Waals surface area contributed by atoms with Crippen molar-refractivity contribution in [3.05, 3.63) is 11.4 Å². The average molecular weight is 294 g/mol. The molecule has 1 atom stereocenters. The number of aryl methyl sites for hydroxylation is 1. The monoisotopic (exact) mass is 294 g/mol. The molecule has 0 spiro atoms. The van der Waals surface area contributed by atoms with E-state index in [4.69, 9.17) is 0 Å². The van der Waals surface area contributed by atoms with Gasteiger partial charge in [0.25, 0.3) is 0 Å². The van der Waals surface area contributed by atoms with E-state index in [0.29, 0.717) is 30.9 Å². The molecule has 1 N–H and O–H groups in total. The van der Waals surface area contributed by atoms with E-state index >= 15 is 0 Å². The van der Waals surface area contributed by atoms with E-state index < -0.39 is 0 Å². The molecular weight excluding hydrogens is 272 g/mol. The van der Waals surface area contributed by atoms with Crippen molar-refractivity contribution in [3.8, 4) is 0 Å². The highest BCUT2D eigenvalue weighted by Gasteiger charge is 2.36. The lowest BCUT2D eigenvalue weighted by molar-refractivity contribution is -0.131. The Labute approximate surface area is 124 Å².